The number of carbonyl (C=O) groups is 2. The minimum atomic E-state index is -0.503. The van der Waals surface area contributed by atoms with Crippen LogP contribution in [0.3, 0.4) is 0 Å². The predicted octanol–water partition coefficient (Wildman–Crippen LogP) is 2.89. The quantitative estimate of drug-likeness (QED) is 0.798. The SMILES string of the molecule is COC(=O)[C@@H]1Cc2ccccc2CN1CC(=O)Nc1cc(Cl)ccc1OC. The number of esters is 1. The van der Waals surface area contributed by atoms with E-state index in [2.05, 4.69) is 5.32 Å². The predicted molar refractivity (Wildman–Crippen MR) is 103 cm³/mol. The van der Waals surface area contributed by atoms with Crippen molar-refractivity contribution in [1.82, 2.24) is 4.90 Å². The second kappa shape index (κ2) is 8.41. The molecule has 0 saturated heterocycles. The molecule has 1 atom stereocenters. The number of carbonyl (C=O) groups excluding carboxylic acids is 2. The number of hydrogen-bond acceptors (Lipinski definition) is 5. The van der Waals surface area contributed by atoms with Crippen molar-refractivity contribution >= 4 is 29.2 Å². The van der Waals surface area contributed by atoms with Crippen molar-refractivity contribution in [1.29, 1.82) is 0 Å². The molecular weight excluding hydrogens is 368 g/mol. The van der Waals surface area contributed by atoms with Crippen LogP contribution in [0.2, 0.25) is 5.02 Å². The number of nitrogens with zero attached hydrogens (tertiary/aromatic N) is 1. The summed E-state index contributed by atoms with van der Waals surface area (Å²) in [5.41, 5.74) is 2.69. The zero-order chi connectivity index (χ0) is 19.4. The first-order valence-electron chi connectivity index (χ1n) is 8.54. The van der Waals surface area contributed by atoms with Crippen LogP contribution >= 0.6 is 11.6 Å². The van der Waals surface area contributed by atoms with Crippen LogP contribution in [0.5, 0.6) is 5.75 Å². The number of halogens is 1. The number of nitrogens with one attached hydrogen (secondary N) is 1. The summed E-state index contributed by atoms with van der Waals surface area (Å²) in [4.78, 5) is 26.7. The first-order chi connectivity index (χ1) is 13.0. The normalized spacial score (nSPS) is 16.3. The highest BCUT2D eigenvalue weighted by Crippen LogP contribution is 2.28. The van der Waals surface area contributed by atoms with Gasteiger partial charge in [0.2, 0.25) is 5.91 Å². The molecule has 0 aliphatic carbocycles. The van der Waals surface area contributed by atoms with Crippen LogP contribution in [0.4, 0.5) is 5.69 Å². The molecule has 0 unspecified atom stereocenters. The van der Waals surface area contributed by atoms with Crippen molar-refractivity contribution in [3.8, 4) is 5.75 Å². The van der Waals surface area contributed by atoms with E-state index >= 15 is 0 Å². The molecule has 27 heavy (non-hydrogen) atoms. The maximum Gasteiger partial charge on any atom is 0.323 e. The lowest BCUT2D eigenvalue weighted by Crippen LogP contribution is -2.49. The van der Waals surface area contributed by atoms with Crippen LogP contribution in [0.25, 0.3) is 0 Å². The lowest BCUT2D eigenvalue weighted by Gasteiger charge is -2.34. The zero-order valence-electron chi connectivity index (χ0n) is 15.2. The fraction of sp³-hybridized carbons (Fsp3) is 0.300. The summed E-state index contributed by atoms with van der Waals surface area (Å²) < 4.78 is 10.2. The minimum absolute atomic E-state index is 0.0454. The maximum absolute atomic E-state index is 12.6. The van der Waals surface area contributed by atoms with Crippen molar-refractivity contribution in [3.63, 3.8) is 0 Å². The fourth-order valence-corrected chi connectivity index (χ4v) is 3.44. The Kier molecular flexibility index (Phi) is 5.98. The zero-order valence-corrected chi connectivity index (χ0v) is 16.0. The van der Waals surface area contributed by atoms with Gasteiger partial charge >= 0.3 is 5.97 Å². The smallest absolute Gasteiger partial charge is 0.323 e. The molecule has 0 radical (unpaired) electrons. The lowest BCUT2D eigenvalue weighted by molar-refractivity contribution is -0.148. The average Bonchev–Trinajstić information content (AvgIpc) is 2.67. The van der Waals surface area contributed by atoms with Crippen LogP contribution in [0.1, 0.15) is 11.1 Å². The van der Waals surface area contributed by atoms with Gasteiger partial charge < -0.3 is 14.8 Å². The molecule has 1 aliphatic heterocycles. The van der Waals surface area contributed by atoms with Gasteiger partial charge in [-0.2, -0.15) is 0 Å². The molecule has 142 valence electrons. The summed E-state index contributed by atoms with van der Waals surface area (Å²) in [6.07, 6.45) is 0.511. The standard InChI is InChI=1S/C20H21ClN2O4/c1-26-18-8-7-15(21)10-16(18)22-19(24)12-23-11-14-6-4-3-5-13(14)9-17(23)20(25)27-2/h3-8,10,17H,9,11-12H2,1-2H3,(H,22,24)/t17-/m0/s1. The highest BCUT2D eigenvalue weighted by atomic mass is 35.5. The molecule has 6 nitrogen and oxygen atoms in total. The topological polar surface area (TPSA) is 67.9 Å². The number of rotatable bonds is 5. The van der Waals surface area contributed by atoms with Gasteiger partial charge in [-0.05, 0) is 35.7 Å². The fourth-order valence-electron chi connectivity index (χ4n) is 3.26. The van der Waals surface area contributed by atoms with Crippen LogP contribution in [0, 0.1) is 0 Å². The van der Waals surface area contributed by atoms with Gasteiger partial charge in [0.05, 0.1) is 26.5 Å². The highest BCUT2D eigenvalue weighted by molar-refractivity contribution is 6.31. The second-order valence-electron chi connectivity index (χ2n) is 6.31. The molecule has 0 spiro atoms. The molecule has 1 heterocycles. The first-order valence-corrected chi connectivity index (χ1v) is 8.91. The first kappa shape index (κ1) is 19.2. The van der Waals surface area contributed by atoms with E-state index in [1.165, 1.54) is 14.2 Å². The van der Waals surface area contributed by atoms with Gasteiger partial charge in [-0.25, -0.2) is 0 Å². The Morgan fingerprint density at radius 1 is 1.19 bits per heavy atom. The molecule has 0 saturated carbocycles. The number of anilines is 1. The molecule has 2 aromatic carbocycles. The van der Waals surface area contributed by atoms with E-state index in [0.29, 0.717) is 29.4 Å². The molecule has 0 fully saturated rings. The lowest BCUT2D eigenvalue weighted by atomic mass is 9.94. The number of benzene rings is 2. The molecule has 7 heteroatoms. The Bertz CT molecular complexity index is 856. The molecular formula is C20H21ClN2O4. The Hall–Kier alpha value is -2.57. The summed E-state index contributed by atoms with van der Waals surface area (Å²) in [5.74, 6) is -0.0947. The average molecular weight is 389 g/mol. The van der Waals surface area contributed by atoms with E-state index in [4.69, 9.17) is 21.1 Å². The van der Waals surface area contributed by atoms with Gasteiger partial charge in [0.15, 0.2) is 0 Å². The van der Waals surface area contributed by atoms with Crippen LogP contribution in [0.15, 0.2) is 42.5 Å². The van der Waals surface area contributed by atoms with Gasteiger partial charge in [0.25, 0.3) is 0 Å². The van der Waals surface area contributed by atoms with Crippen molar-refractivity contribution in [2.24, 2.45) is 0 Å². The minimum Gasteiger partial charge on any atom is -0.495 e. The van der Waals surface area contributed by atoms with E-state index < -0.39 is 6.04 Å². The van der Waals surface area contributed by atoms with Crippen LogP contribution in [-0.2, 0) is 27.3 Å². The highest BCUT2D eigenvalue weighted by Gasteiger charge is 2.33. The largest absolute Gasteiger partial charge is 0.495 e. The monoisotopic (exact) mass is 388 g/mol. The van der Waals surface area contributed by atoms with Crippen LogP contribution < -0.4 is 10.1 Å². The second-order valence-corrected chi connectivity index (χ2v) is 6.75. The molecule has 0 bridgehead atoms. The van der Waals surface area contributed by atoms with Gasteiger partial charge in [0, 0.05) is 11.6 Å². The number of ether oxygens (including phenoxy) is 2. The third-order valence-electron chi connectivity index (χ3n) is 4.60. The van der Waals surface area contributed by atoms with Crippen molar-refractivity contribution in [2.75, 3.05) is 26.1 Å². The van der Waals surface area contributed by atoms with Gasteiger partial charge in [-0.1, -0.05) is 35.9 Å². The number of fused-ring (bicyclic) bond motifs is 1. The molecule has 1 aliphatic rings. The van der Waals surface area contributed by atoms with Gasteiger partial charge in [-0.15, -0.1) is 0 Å². The third kappa shape index (κ3) is 4.40. The van der Waals surface area contributed by atoms with Crippen LogP contribution in [-0.4, -0.2) is 43.6 Å². The summed E-state index contributed by atoms with van der Waals surface area (Å²) in [5, 5.41) is 3.30. The van der Waals surface area contributed by atoms with Crippen molar-refractivity contribution in [2.45, 2.75) is 19.0 Å². The van der Waals surface area contributed by atoms with Crippen molar-refractivity contribution in [3.05, 3.63) is 58.6 Å². The third-order valence-corrected chi connectivity index (χ3v) is 4.84. The Morgan fingerprint density at radius 2 is 1.93 bits per heavy atom. The number of hydrogen-bond donors (Lipinski definition) is 1. The van der Waals surface area contributed by atoms with Gasteiger partial charge in [0.1, 0.15) is 11.8 Å². The summed E-state index contributed by atoms with van der Waals surface area (Å²) in [7, 11) is 2.88. The maximum atomic E-state index is 12.6. The summed E-state index contributed by atoms with van der Waals surface area (Å²) in [6.45, 7) is 0.541. The van der Waals surface area contributed by atoms with Crippen molar-refractivity contribution < 1.29 is 19.1 Å². The summed E-state index contributed by atoms with van der Waals surface area (Å²) in [6, 6.07) is 12.4. The van der Waals surface area contributed by atoms with Gasteiger partial charge in [-0.3, -0.25) is 14.5 Å². The summed E-state index contributed by atoms with van der Waals surface area (Å²) >= 11 is 6.01. The molecule has 1 N–H and O–H groups in total. The molecule has 0 aromatic heterocycles. The number of methoxy groups -OCH3 is 2. The van der Waals surface area contributed by atoms with E-state index in [0.717, 1.165) is 11.1 Å². The molecule has 1 amide bonds. The molecule has 2 aromatic rings. The van der Waals surface area contributed by atoms with E-state index in [1.807, 2.05) is 29.2 Å². The Balaban J connectivity index is 1.77. The Labute approximate surface area is 163 Å². The van der Waals surface area contributed by atoms with E-state index in [-0.39, 0.29) is 18.4 Å². The van der Waals surface area contributed by atoms with E-state index in [1.54, 1.807) is 18.2 Å². The molecule has 3 rings (SSSR count). The van der Waals surface area contributed by atoms with E-state index in [9.17, 15) is 9.59 Å². The Morgan fingerprint density at radius 3 is 2.63 bits per heavy atom. The number of amides is 1.